The second kappa shape index (κ2) is 7.24. The van der Waals surface area contributed by atoms with Gasteiger partial charge in [-0.25, -0.2) is 8.78 Å². The number of hydrogen-bond acceptors (Lipinski definition) is 3. The zero-order valence-corrected chi connectivity index (χ0v) is 16.0. The minimum absolute atomic E-state index is 0. The van der Waals surface area contributed by atoms with Crippen molar-refractivity contribution in [1.82, 2.24) is 5.32 Å². The predicted octanol–water partition coefficient (Wildman–Crippen LogP) is 2.96. The van der Waals surface area contributed by atoms with Crippen molar-refractivity contribution in [2.45, 2.75) is 32.3 Å². The van der Waals surface area contributed by atoms with Gasteiger partial charge in [-0.3, -0.25) is 4.79 Å². The van der Waals surface area contributed by atoms with Crippen LogP contribution in [-0.4, -0.2) is 25.0 Å². The van der Waals surface area contributed by atoms with Crippen LogP contribution in [0.25, 0.3) is 0 Å². The van der Waals surface area contributed by atoms with Crippen LogP contribution in [0.1, 0.15) is 25.3 Å². The smallest absolute Gasteiger partial charge is 0.316 e. The van der Waals surface area contributed by atoms with Crippen molar-refractivity contribution in [3.8, 4) is 0 Å². The molecule has 0 amide bonds. The Morgan fingerprint density at radius 2 is 2.09 bits per heavy atom. The van der Waals surface area contributed by atoms with Crippen molar-refractivity contribution >= 4 is 5.97 Å². The van der Waals surface area contributed by atoms with Gasteiger partial charge >= 0.3 is 5.97 Å². The van der Waals surface area contributed by atoms with E-state index >= 15 is 0 Å². The van der Waals surface area contributed by atoms with Crippen molar-refractivity contribution < 1.29 is 51.0 Å². The third kappa shape index (κ3) is 3.52. The minimum Gasteiger partial charge on any atom is -0.460 e. The Labute approximate surface area is 160 Å². The van der Waals surface area contributed by atoms with E-state index in [4.69, 9.17) is 4.74 Å². The molecule has 0 aromatic heterocycles. The number of halogens is 2. The summed E-state index contributed by atoms with van der Waals surface area (Å²) in [7, 11) is 0. The van der Waals surface area contributed by atoms with Crippen LogP contribution < -0.4 is 5.32 Å². The largest absolute Gasteiger partial charge is 0.460 e. The Morgan fingerprint density at radius 3 is 2.78 bits per heavy atom. The van der Waals surface area contributed by atoms with E-state index < -0.39 is 23.2 Å². The summed E-state index contributed by atoms with van der Waals surface area (Å²) in [6, 6.07) is 9.12. The number of ether oxygens (including phenoxy) is 1. The van der Waals surface area contributed by atoms with Gasteiger partial charge in [-0.05, 0) is 18.5 Å². The standard InChI is InChI=1S/C17H20F2NO2.Y/c1-12-9-16(7-8-20-10-12)14(17(16,18)19)15(21)22-11-13-5-3-2-4-6-13;/h2-6,14,20H,7-11H2,1H3;/q-1;. The van der Waals surface area contributed by atoms with E-state index in [0.29, 0.717) is 19.5 Å². The fourth-order valence-electron chi connectivity index (χ4n) is 3.53. The molecule has 2 fully saturated rings. The van der Waals surface area contributed by atoms with Crippen LogP contribution in [0.4, 0.5) is 8.78 Å². The number of alkyl halides is 2. The zero-order chi connectivity index (χ0) is 15.8. The molecular weight excluding hydrogens is 377 g/mol. The van der Waals surface area contributed by atoms with Crippen molar-refractivity contribution in [1.29, 1.82) is 0 Å². The zero-order valence-electron chi connectivity index (χ0n) is 13.1. The summed E-state index contributed by atoms with van der Waals surface area (Å²) in [6.45, 7) is 3.06. The molecule has 1 aromatic carbocycles. The molecule has 1 N–H and O–H groups in total. The molecule has 2 atom stereocenters. The summed E-state index contributed by atoms with van der Waals surface area (Å²) in [4.78, 5) is 12.2. The van der Waals surface area contributed by atoms with Crippen molar-refractivity contribution in [2.75, 3.05) is 13.1 Å². The van der Waals surface area contributed by atoms with Gasteiger partial charge in [0.25, 0.3) is 5.92 Å². The molecule has 6 heteroatoms. The number of esters is 1. The molecule has 3 rings (SSSR count). The number of carbonyl (C=O) groups excluding carboxylic acids is 1. The second-order valence-corrected chi connectivity index (χ2v) is 6.37. The second-order valence-electron chi connectivity index (χ2n) is 6.37. The molecule has 1 aromatic rings. The van der Waals surface area contributed by atoms with E-state index in [-0.39, 0.29) is 45.7 Å². The number of hydrogen-bond donors (Lipinski definition) is 1. The van der Waals surface area contributed by atoms with Crippen LogP contribution in [0.15, 0.2) is 30.3 Å². The fraction of sp³-hybridized carbons (Fsp3) is 0.529. The van der Waals surface area contributed by atoms with Gasteiger partial charge in [0.2, 0.25) is 0 Å². The molecule has 0 bridgehead atoms. The van der Waals surface area contributed by atoms with Crippen LogP contribution in [0, 0.1) is 17.3 Å². The Morgan fingerprint density at radius 1 is 1.39 bits per heavy atom. The Bertz CT molecular complexity index is 555. The summed E-state index contributed by atoms with van der Waals surface area (Å²) in [5.74, 6) is -4.08. The molecule has 1 aliphatic carbocycles. The molecule has 2 unspecified atom stereocenters. The molecule has 1 heterocycles. The number of carbonyl (C=O) groups is 1. The summed E-state index contributed by atoms with van der Waals surface area (Å²) in [6.07, 6.45) is 0.598. The van der Waals surface area contributed by atoms with Gasteiger partial charge < -0.3 is 16.0 Å². The van der Waals surface area contributed by atoms with Crippen LogP contribution in [-0.2, 0) is 48.8 Å². The van der Waals surface area contributed by atoms with Crippen LogP contribution >= 0.6 is 0 Å². The molecule has 2 aliphatic rings. The van der Waals surface area contributed by atoms with Gasteiger partial charge in [-0.15, -0.1) is 6.54 Å². The fourth-order valence-corrected chi connectivity index (χ4v) is 3.53. The Balaban J connectivity index is 0.00000192. The van der Waals surface area contributed by atoms with Gasteiger partial charge in [0.1, 0.15) is 12.5 Å². The maximum Gasteiger partial charge on any atom is 0.316 e. The van der Waals surface area contributed by atoms with Crippen LogP contribution in [0.2, 0.25) is 0 Å². The molecule has 123 valence electrons. The molecular formula is C17H20F2NO2Y-. The first kappa shape index (κ1) is 18.9. The predicted molar refractivity (Wildman–Crippen MR) is 78.1 cm³/mol. The molecule has 3 nitrogen and oxygen atoms in total. The molecule has 23 heavy (non-hydrogen) atoms. The SMILES string of the molecule is C[C-]1CNCCC2(C1)C(C(=O)OCc1ccccc1)C2(F)F.[Y]. The van der Waals surface area contributed by atoms with Crippen LogP contribution in [0.3, 0.4) is 0 Å². The number of nitrogens with one attached hydrogen (secondary N) is 1. The van der Waals surface area contributed by atoms with Gasteiger partial charge in [-0.2, -0.15) is 13.3 Å². The summed E-state index contributed by atoms with van der Waals surface area (Å²) >= 11 is 0. The van der Waals surface area contributed by atoms with E-state index in [1.54, 1.807) is 0 Å². The molecule has 1 aliphatic heterocycles. The average Bonchev–Trinajstić information content (AvgIpc) is 3.05. The summed E-state index contributed by atoms with van der Waals surface area (Å²) in [5, 5.41) is 3.13. The summed E-state index contributed by atoms with van der Waals surface area (Å²) in [5.41, 5.74) is -0.437. The van der Waals surface area contributed by atoms with Gasteiger partial charge in [0, 0.05) is 38.1 Å². The molecule has 1 spiro atoms. The van der Waals surface area contributed by atoms with Gasteiger partial charge in [0.15, 0.2) is 0 Å². The minimum atomic E-state index is -2.96. The van der Waals surface area contributed by atoms with E-state index in [1.807, 2.05) is 37.3 Å². The van der Waals surface area contributed by atoms with E-state index in [9.17, 15) is 13.6 Å². The quantitative estimate of drug-likeness (QED) is 0.630. The molecule has 1 saturated heterocycles. The normalized spacial score (nSPS) is 29.4. The third-order valence-corrected chi connectivity index (χ3v) is 4.75. The van der Waals surface area contributed by atoms with Crippen molar-refractivity contribution in [3.05, 3.63) is 41.8 Å². The first-order chi connectivity index (χ1) is 10.5. The monoisotopic (exact) mass is 397 g/mol. The molecule has 1 radical (unpaired) electrons. The van der Waals surface area contributed by atoms with Crippen molar-refractivity contribution in [2.24, 2.45) is 11.3 Å². The maximum absolute atomic E-state index is 14.3. The van der Waals surface area contributed by atoms with E-state index in [2.05, 4.69) is 5.32 Å². The first-order valence-electron chi connectivity index (χ1n) is 7.58. The van der Waals surface area contributed by atoms with E-state index in [1.165, 1.54) is 0 Å². The van der Waals surface area contributed by atoms with E-state index in [0.717, 1.165) is 11.5 Å². The average molecular weight is 397 g/mol. The Hall–Kier alpha value is -0.386. The summed E-state index contributed by atoms with van der Waals surface area (Å²) < 4.78 is 33.8. The van der Waals surface area contributed by atoms with Crippen LogP contribution in [0.5, 0.6) is 0 Å². The number of rotatable bonds is 3. The topological polar surface area (TPSA) is 38.3 Å². The number of benzene rings is 1. The third-order valence-electron chi connectivity index (χ3n) is 4.75. The maximum atomic E-state index is 14.3. The van der Waals surface area contributed by atoms with Gasteiger partial charge in [0.05, 0.1) is 0 Å². The first-order valence-corrected chi connectivity index (χ1v) is 7.58. The van der Waals surface area contributed by atoms with Crippen molar-refractivity contribution in [3.63, 3.8) is 0 Å². The Kier molecular flexibility index (Phi) is 5.96. The van der Waals surface area contributed by atoms with Gasteiger partial charge in [-0.1, -0.05) is 30.3 Å². The molecule has 1 saturated carbocycles.